The zero-order valence-electron chi connectivity index (χ0n) is 12.3. The zero-order chi connectivity index (χ0) is 15.4. The van der Waals surface area contributed by atoms with Crippen molar-refractivity contribution in [2.45, 2.75) is 44.8 Å². The van der Waals surface area contributed by atoms with Gasteiger partial charge in [-0.05, 0) is 39.1 Å². The van der Waals surface area contributed by atoms with Crippen LogP contribution in [0.3, 0.4) is 0 Å². The number of esters is 1. The Morgan fingerprint density at radius 3 is 2.25 bits per heavy atom. The van der Waals surface area contributed by atoms with Gasteiger partial charge >= 0.3 is 12.1 Å². The number of rotatable bonds is 2. The SMILES string of the molecule is COC(=O)C1(N=[N+]=[N-])CCN(C(=O)OC(C)(C)C)CC1. The topological polar surface area (TPSA) is 105 Å². The lowest BCUT2D eigenvalue weighted by Gasteiger charge is -2.37. The van der Waals surface area contributed by atoms with Crippen LogP contribution in [0.15, 0.2) is 5.11 Å². The first kappa shape index (κ1) is 16.1. The minimum absolute atomic E-state index is 0.225. The molecule has 8 heteroatoms. The average molecular weight is 284 g/mol. The van der Waals surface area contributed by atoms with E-state index in [2.05, 4.69) is 14.8 Å². The van der Waals surface area contributed by atoms with Crippen LogP contribution in [0.1, 0.15) is 33.6 Å². The Balaban J connectivity index is 2.72. The molecule has 1 rings (SSSR count). The maximum absolute atomic E-state index is 11.9. The Morgan fingerprint density at radius 2 is 1.85 bits per heavy atom. The van der Waals surface area contributed by atoms with Crippen molar-refractivity contribution in [3.05, 3.63) is 10.4 Å². The van der Waals surface area contributed by atoms with Crippen molar-refractivity contribution in [2.24, 2.45) is 5.11 Å². The summed E-state index contributed by atoms with van der Waals surface area (Å²) in [5.41, 5.74) is 6.81. The molecule has 1 aliphatic heterocycles. The number of ether oxygens (including phenoxy) is 2. The molecule has 1 fully saturated rings. The van der Waals surface area contributed by atoms with Gasteiger partial charge < -0.3 is 14.4 Å². The molecule has 0 N–H and O–H groups in total. The Bertz CT molecular complexity index is 429. The molecule has 1 heterocycles. The summed E-state index contributed by atoms with van der Waals surface area (Å²) in [5.74, 6) is -0.570. The molecule has 112 valence electrons. The molecule has 20 heavy (non-hydrogen) atoms. The summed E-state index contributed by atoms with van der Waals surface area (Å²) in [5, 5.41) is 3.58. The molecule has 8 nitrogen and oxygen atoms in total. The van der Waals surface area contributed by atoms with Crippen LogP contribution in [0.2, 0.25) is 0 Å². The van der Waals surface area contributed by atoms with E-state index in [4.69, 9.17) is 10.3 Å². The number of nitrogens with zero attached hydrogens (tertiary/aromatic N) is 4. The molecule has 1 aliphatic rings. The third-order valence-corrected chi connectivity index (χ3v) is 3.04. The Labute approximate surface area is 117 Å². The minimum atomic E-state index is -1.22. The van der Waals surface area contributed by atoms with E-state index in [1.807, 2.05) is 0 Å². The number of hydrogen-bond donors (Lipinski definition) is 0. The van der Waals surface area contributed by atoms with Gasteiger partial charge in [0.05, 0.1) is 7.11 Å². The Kier molecular flexibility index (Phi) is 4.83. The highest BCUT2D eigenvalue weighted by Crippen LogP contribution is 2.29. The van der Waals surface area contributed by atoms with Gasteiger partial charge in [0, 0.05) is 18.0 Å². The quantitative estimate of drug-likeness (QED) is 0.335. The van der Waals surface area contributed by atoms with Gasteiger partial charge in [-0.15, -0.1) is 0 Å². The second-order valence-corrected chi connectivity index (χ2v) is 5.68. The van der Waals surface area contributed by atoms with Crippen molar-refractivity contribution < 1.29 is 19.1 Å². The number of amides is 1. The maximum atomic E-state index is 11.9. The highest BCUT2D eigenvalue weighted by Gasteiger charge is 2.43. The van der Waals surface area contributed by atoms with Gasteiger partial charge in [-0.1, -0.05) is 5.11 Å². The van der Waals surface area contributed by atoms with E-state index in [1.165, 1.54) is 12.0 Å². The van der Waals surface area contributed by atoms with Crippen molar-refractivity contribution in [1.29, 1.82) is 0 Å². The van der Waals surface area contributed by atoms with E-state index in [-0.39, 0.29) is 25.9 Å². The van der Waals surface area contributed by atoms with Crippen molar-refractivity contribution in [3.63, 3.8) is 0 Å². The summed E-state index contributed by atoms with van der Waals surface area (Å²) < 4.78 is 9.94. The standard InChI is InChI=1S/C12H20N4O4/c1-11(2,3)20-10(18)16-7-5-12(6-8-16,14-15-13)9(17)19-4/h5-8H2,1-4H3. The number of likely N-dealkylation sites (tertiary alicyclic amines) is 1. The number of methoxy groups -OCH3 is 1. The molecular formula is C12H20N4O4. The summed E-state index contributed by atoms with van der Waals surface area (Å²) >= 11 is 0. The van der Waals surface area contributed by atoms with Gasteiger partial charge in [0.1, 0.15) is 11.1 Å². The molecule has 0 spiro atoms. The summed E-state index contributed by atoms with van der Waals surface area (Å²) in [6.07, 6.45) is 0.0169. The first-order valence-corrected chi connectivity index (χ1v) is 6.37. The molecule has 1 amide bonds. The monoisotopic (exact) mass is 284 g/mol. The van der Waals surface area contributed by atoms with Gasteiger partial charge in [0.25, 0.3) is 0 Å². The fourth-order valence-electron chi connectivity index (χ4n) is 2.01. The largest absolute Gasteiger partial charge is 0.468 e. The number of hydrogen-bond acceptors (Lipinski definition) is 5. The lowest BCUT2D eigenvalue weighted by atomic mass is 9.88. The van der Waals surface area contributed by atoms with Crippen molar-refractivity contribution in [1.82, 2.24) is 4.90 Å². The van der Waals surface area contributed by atoms with Crippen LogP contribution < -0.4 is 0 Å². The van der Waals surface area contributed by atoms with Gasteiger partial charge in [0.2, 0.25) is 0 Å². The summed E-state index contributed by atoms with van der Waals surface area (Å²) in [6, 6.07) is 0. The van der Waals surface area contributed by atoms with Crippen molar-refractivity contribution >= 4 is 12.1 Å². The van der Waals surface area contributed by atoms with Gasteiger partial charge in [-0.3, -0.25) is 4.79 Å². The fourth-order valence-corrected chi connectivity index (χ4v) is 2.01. The maximum Gasteiger partial charge on any atom is 0.410 e. The zero-order valence-corrected chi connectivity index (χ0v) is 12.3. The van der Waals surface area contributed by atoms with Crippen LogP contribution in [-0.2, 0) is 14.3 Å². The molecule has 0 aromatic carbocycles. The van der Waals surface area contributed by atoms with E-state index in [0.29, 0.717) is 0 Å². The summed E-state index contributed by atoms with van der Waals surface area (Å²) in [6.45, 7) is 5.92. The van der Waals surface area contributed by atoms with E-state index in [9.17, 15) is 9.59 Å². The van der Waals surface area contributed by atoms with Gasteiger partial charge in [-0.25, -0.2) is 4.79 Å². The highest BCUT2D eigenvalue weighted by atomic mass is 16.6. The van der Waals surface area contributed by atoms with E-state index in [0.717, 1.165) is 0 Å². The normalized spacial score (nSPS) is 17.9. The van der Waals surface area contributed by atoms with Crippen LogP contribution in [0.5, 0.6) is 0 Å². The summed E-state index contributed by atoms with van der Waals surface area (Å²) in [4.78, 5) is 27.9. The predicted molar refractivity (Wildman–Crippen MR) is 70.9 cm³/mol. The highest BCUT2D eigenvalue weighted by molar-refractivity contribution is 5.81. The summed E-state index contributed by atoms with van der Waals surface area (Å²) in [7, 11) is 1.25. The molecule has 1 saturated heterocycles. The molecule has 0 bridgehead atoms. The molecule has 0 unspecified atom stereocenters. The second-order valence-electron chi connectivity index (χ2n) is 5.68. The molecule has 0 saturated carbocycles. The third kappa shape index (κ3) is 3.77. The number of carbonyl (C=O) groups is 2. The van der Waals surface area contributed by atoms with E-state index < -0.39 is 23.2 Å². The van der Waals surface area contributed by atoms with Crippen LogP contribution in [0.25, 0.3) is 10.4 Å². The minimum Gasteiger partial charge on any atom is -0.468 e. The Morgan fingerprint density at radius 1 is 1.30 bits per heavy atom. The molecule has 0 atom stereocenters. The average Bonchev–Trinajstić information content (AvgIpc) is 2.36. The van der Waals surface area contributed by atoms with E-state index in [1.54, 1.807) is 20.8 Å². The third-order valence-electron chi connectivity index (χ3n) is 3.04. The molecular weight excluding hydrogens is 264 g/mol. The van der Waals surface area contributed by atoms with Crippen LogP contribution in [-0.4, -0.2) is 48.3 Å². The number of azide groups is 1. The number of carbonyl (C=O) groups excluding carboxylic acids is 2. The number of piperidine rings is 1. The van der Waals surface area contributed by atoms with Crippen molar-refractivity contribution in [3.8, 4) is 0 Å². The fraction of sp³-hybridized carbons (Fsp3) is 0.833. The van der Waals surface area contributed by atoms with Crippen LogP contribution >= 0.6 is 0 Å². The first-order valence-electron chi connectivity index (χ1n) is 6.37. The molecule has 0 radical (unpaired) electrons. The Hall–Kier alpha value is -1.95. The second kappa shape index (κ2) is 6.00. The van der Waals surface area contributed by atoms with Gasteiger partial charge in [-0.2, -0.15) is 0 Å². The predicted octanol–water partition coefficient (Wildman–Crippen LogP) is 2.24. The van der Waals surface area contributed by atoms with Crippen LogP contribution in [0.4, 0.5) is 4.79 Å². The lowest BCUT2D eigenvalue weighted by Crippen LogP contribution is -2.51. The van der Waals surface area contributed by atoms with Gasteiger partial charge in [0.15, 0.2) is 0 Å². The van der Waals surface area contributed by atoms with E-state index >= 15 is 0 Å². The molecule has 0 aliphatic carbocycles. The smallest absolute Gasteiger partial charge is 0.410 e. The van der Waals surface area contributed by atoms with Crippen LogP contribution in [0, 0.1) is 0 Å². The lowest BCUT2D eigenvalue weighted by molar-refractivity contribution is -0.148. The molecule has 0 aromatic rings. The first-order chi connectivity index (χ1) is 9.24. The molecule has 0 aromatic heterocycles. The van der Waals surface area contributed by atoms with Crippen molar-refractivity contribution in [2.75, 3.05) is 20.2 Å².